The highest BCUT2D eigenvalue weighted by Gasteiger charge is 2.73. The molecule has 6 rings (SSSR count). The lowest BCUT2D eigenvalue weighted by atomic mass is 9.36. The van der Waals surface area contributed by atoms with Crippen molar-refractivity contribution in [2.24, 2.45) is 45.3 Å². The molecule has 282 valence electrons. The maximum absolute atomic E-state index is 13.4. The zero-order valence-electron chi connectivity index (χ0n) is 31.7. The molecule has 5 aliphatic rings. The van der Waals surface area contributed by atoms with Gasteiger partial charge in [0.2, 0.25) is 0 Å². The molecular weight excluding hydrogens is 652 g/mol. The van der Waals surface area contributed by atoms with Gasteiger partial charge in [-0.3, -0.25) is 9.59 Å². The summed E-state index contributed by atoms with van der Waals surface area (Å²) in [5.41, 5.74) is -1.86. The highest BCUT2D eigenvalue weighted by atomic mass is 16.6. The monoisotopic (exact) mass is 710 g/mol. The highest BCUT2D eigenvalue weighted by Crippen LogP contribution is 2.74. The zero-order valence-corrected chi connectivity index (χ0v) is 31.7. The van der Waals surface area contributed by atoms with Crippen LogP contribution in [0.5, 0.6) is 0 Å². The molecular formula is C41H58O10. The van der Waals surface area contributed by atoms with Gasteiger partial charge in [-0.25, -0.2) is 4.79 Å². The Morgan fingerprint density at radius 1 is 0.882 bits per heavy atom. The number of ether oxygens (including phenoxy) is 4. The molecule has 1 saturated heterocycles. The SMILES string of the molecule is CC(=O)O[C@H]1C[C@H]2C(C)(C)[C@@H](OC(=O)c3ccccc3)C[C@@H](OC(C)=O)[C@]2(C)[C@H]2CC[C@@]3(C)C(=CC[C@@H]3[C@@H]3C[C@H]([C@@H](O)C(C)(C)O)O[C@H]3O)[C@@]12C. The summed E-state index contributed by atoms with van der Waals surface area (Å²) in [4.78, 5) is 39.1. The van der Waals surface area contributed by atoms with Crippen LogP contribution in [-0.4, -0.2) is 75.6 Å². The lowest BCUT2D eigenvalue weighted by molar-refractivity contribution is -0.259. The third-order valence-electron chi connectivity index (χ3n) is 14.4. The third kappa shape index (κ3) is 6.06. The summed E-state index contributed by atoms with van der Waals surface area (Å²) in [6, 6.07) is 8.89. The molecule has 1 aliphatic heterocycles. The van der Waals surface area contributed by atoms with E-state index in [0.717, 1.165) is 12.8 Å². The van der Waals surface area contributed by atoms with Crippen molar-refractivity contribution in [2.75, 3.05) is 0 Å². The van der Waals surface area contributed by atoms with Gasteiger partial charge in [-0.1, -0.05) is 64.5 Å². The fourth-order valence-corrected chi connectivity index (χ4v) is 12.0. The van der Waals surface area contributed by atoms with Crippen molar-refractivity contribution < 1.29 is 48.7 Å². The van der Waals surface area contributed by atoms with Crippen LogP contribution in [0.15, 0.2) is 42.0 Å². The van der Waals surface area contributed by atoms with E-state index in [0.29, 0.717) is 31.2 Å². The van der Waals surface area contributed by atoms with E-state index < -0.39 is 70.6 Å². The number of carbonyl (C=O) groups excluding carboxylic acids is 3. The summed E-state index contributed by atoms with van der Waals surface area (Å²) >= 11 is 0. The van der Waals surface area contributed by atoms with Crippen LogP contribution in [-0.2, 0) is 28.5 Å². The predicted molar refractivity (Wildman–Crippen MR) is 188 cm³/mol. The Kier molecular flexibility index (Phi) is 9.64. The second kappa shape index (κ2) is 13.0. The van der Waals surface area contributed by atoms with Crippen molar-refractivity contribution in [1.29, 1.82) is 0 Å². The van der Waals surface area contributed by atoms with Gasteiger partial charge >= 0.3 is 17.9 Å². The van der Waals surface area contributed by atoms with Crippen molar-refractivity contribution in [3.63, 3.8) is 0 Å². The molecule has 0 amide bonds. The third-order valence-corrected chi connectivity index (χ3v) is 14.4. The Balaban J connectivity index is 1.37. The summed E-state index contributed by atoms with van der Waals surface area (Å²) < 4.78 is 24.8. The van der Waals surface area contributed by atoms with Crippen LogP contribution in [0.2, 0.25) is 0 Å². The molecule has 1 aromatic rings. The number of carbonyl (C=O) groups is 3. The minimum absolute atomic E-state index is 0.00312. The lowest BCUT2D eigenvalue weighted by Crippen LogP contribution is -2.70. The first-order valence-electron chi connectivity index (χ1n) is 18.7. The van der Waals surface area contributed by atoms with Crippen molar-refractivity contribution >= 4 is 17.9 Å². The van der Waals surface area contributed by atoms with Crippen molar-refractivity contribution in [1.82, 2.24) is 0 Å². The van der Waals surface area contributed by atoms with E-state index in [4.69, 9.17) is 18.9 Å². The van der Waals surface area contributed by atoms with E-state index in [2.05, 4.69) is 40.7 Å². The maximum Gasteiger partial charge on any atom is 0.338 e. The fraction of sp³-hybridized carbons (Fsp3) is 0.732. The van der Waals surface area contributed by atoms with Gasteiger partial charge < -0.3 is 34.3 Å². The van der Waals surface area contributed by atoms with Crippen molar-refractivity contribution in [2.45, 2.75) is 143 Å². The minimum Gasteiger partial charge on any atom is -0.462 e. The van der Waals surface area contributed by atoms with Crippen LogP contribution in [0.4, 0.5) is 0 Å². The highest BCUT2D eigenvalue weighted by molar-refractivity contribution is 5.89. The largest absolute Gasteiger partial charge is 0.462 e. The van der Waals surface area contributed by atoms with Crippen LogP contribution >= 0.6 is 0 Å². The van der Waals surface area contributed by atoms with Gasteiger partial charge in [0, 0.05) is 42.4 Å². The maximum atomic E-state index is 13.4. The molecule has 3 N–H and O–H groups in total. The molecule has 0 unspecified atom stereocenters. The summed E-state index contributed by atoms with van der Waals surface area (Å²) in [6.45, 7) is 16.9. The zero-order chi connectivity index (χ0) is 37.5. The number of hydrogen-bond donors (Lipinski definition) is 3. The van der Waals surface area contributed by atoms with E-state index in [-0.39, 0.29) is 35.1 Å². The first-order valence-corrected chi connectivity index (χ1v) is 18.7. The van der Waals surface area contributed by atoms with Crippen LogP contribution < -0.4 is 0 Å². The van der Waals surface area contributed by atoms with Gasteiger partial charge in [0.25, 0.3) is 0 Å². The molecule has 1 aromatic carbocycles. The predicted octanol–water partition coefficient (Wildman–Crippen LogP) is 5.76. The number of rotatable bonds is 7. The van der Waals surface area contributed by atoms with E-state index in [1.165, 1.54) is 33.3 Å². The molecule has 4 aliphatic carbocycles. The normalized spacial score (nSPS) is 42.0. The number of aliphatic hydroxyl groups is 3. The first-order chi connectivity index (χ1) is 23.7. The Bertz CT molecular complexity index is 1550. The van der Waals surface area contributed by atoms with Crippen LogP contribution in [0, 0.1) is 45.3 Å². The Morgan fingerprint density at radius 2 is 1.51 bits per heavy atom. The molecule has 4 fully saturated rings. The molecule has 0 aromatic heterocycles. The molecule has 0 spiro atoms. The fourth-order valence-electron chi connectivity index (χ4n) is 12.0. The van der Waals surface area contributed by atoms with Gasteiger partial charge in [-0.05, 0) is 81.3 Å². The van der Waals surface area contributed by atoms with Gasteiger partial charge in [0.1, 0.15) is 24.4 Å². The van der Waals surface area contributed by atoms with Gasteiger partial charge in [0.05, 0.1) is 17.3 Å². The van der Waals surface area contributed by atoms with E-state index in [1.54, 1.807) is 24.3 Å². The standard InChI is InChI=1S/C41H58O10/c1-22(42)48-32-20-30-37(3,4)31(51-35(45)24-13-11-10-12-14-24)21-33(49-23(2)43)41(30,9)29-17-18-39(7)26(15-16-28(39)40(29,32)8)25-19-27(50-36(25)46)34(44)38(5,6)47/h10-14,16,25-27,29-34,36,44,46-47H,15,17-21H2,1-9H3/t25-,26+,27+,29-,30-,31-,32-,33+,34+,36+,39+,40+,41+/m0/s1. The van der Waals surface area contributed by atoms with Gasteiger partial charge in [0.15, 0.2) is 6.29 Å². The van der Waals surface area contributed by atoms with Crippen molar-refractivity contribution in [3.05, 3.63) is 47.5 Å². The Morgan fingerprint density at radius 3 is 2.12 bits per heavy atom. The molecule has 1 heterocycles. The van der Waals surface area contributed by atoms with Gasteiger partial charge in [-0.15, -0.1) is 0 Å². The number of esters is 3. The number of allylic oxidation sites excluding steroid dienone is 1. The number of benzene rings is 1. The lowest BCUT2D eigenvalue weighted by Gasteiger charge is -2.70. The van der Waals surface area contributed by atoms with Crippen LogP contribution in [0.3, 0.4) is 0 Å². The van der Waals surface area contributed by atoms with E-state index in [9.17, 15) is 29.7 Å². The molecule has 0 bridgehead atoms. The van der Waals surface area contributed by atoms with E-state index >= 15 is 0 Å². The molecule has 51 heavy (non-hydrogen) atoms. The summed E-state index contributed by atoms with van der Waals surface area (Å²) in [6.07, 6.45) is 1.20. The Labute approximate surface area is 302 Å². The number of fused-ring (bicyclic) bond motifs is 5. The van der Waals surface area contributed by atoms with Gasteiger partial charge in [-0.2, -0.15) is 0 Å². The van der Waals surface area contributed by atoms with Crippen LogP contribution in [0.1, 0.15) is 111 Å². The second-order valence-corrected chi connectivity index (χ2v) is 18.0. The Hall–Kier alpha value is -2.79. The number of hydrogen-bond acceptors (Lipinski definition) is 10. The summed E-state index contributed by atoms with van der Waals surface area (Å²) in [5.74, 6) is -1.67. The smallest absolute Gasteiger partial charge is 0.338 e. The van der Waals surface area contributed by atoms with Crippen LogP contribution in [0.25, 0.3) is 0 Å². The molecule has 13 atom stereocenters. The minimum atomic E-state index is -1.38. The quantitative estimate of drug-likeness (QED) is 0.181. The number of aliphatic hydroxyl groups excluding tert-OH is 2. The molecule has 3 saturated carbocycles. The first kappa shape index (κ1) is 38.0. The van der Waals surface area contributed by atoms with E-state index in [1.807, 2.05) is 6.07 Å². The van der Waals surface area contributed by atoms with Crippen molar-refractivity contribution in [3.8, 4) is 0 Å². The second-order valence-electron chi connectivity index (χ2n) is 18.0. The molecule has 10 heteroatoms. The topological polar surface area (TPSA) is 149 Å². The average molecular weight is 711 g/mol. The molecule has 10 nitrogen and oxygen atoms in total. The summed E-state index contributed by atoms with van der Waals surface area (Å²) in [5, 5.41) is 32.6. The average Bonchev–Trinajstić information content (AvgIpc) is 3.59. The molecule has 0 radical (unpaired) electrons. The summed E-state index contributed by atoms with van der Waals surface area (Å²) in [7, 11) is 0.